The molecule has 4 nitrogen and oxygen atoms in total. The largest absolute Gasteiger partial charge is 0.368 e. The first-order valence-corrected chi connectivity index (χ1v) is 7.11. The monoisotopic (exact) mass is 292 g/mol. The zero-order valence-electron chi connectivity index (χ0n) is 12.6. The van der Waals surface area contributed by atoms with Gasteiger partial charge in [-0.15, -0.1) is 12.4 Å². The van der Waals surface area contributed by atoms with Crippen molar-refractivity contribution in [3.05, 3.63) is 0 Å². The molecule has 1 fully saturated rings. The number of carbonyl (C=O) groups is 1. The van der Waals surface area contributed by atoms with Crippen LogP contribution < -0.4 is 10.6 Å². The second-order valence-corrected chi connectivity index (χ2v) is 5.57. The molecular weight excluding hydrogens is 264 g/mol. The lowest BCUT2D eigenvalue weighted by molar-refractivity contribution is -0.147. The molecule has 1 aliphatic heterocycles. The van der Waals surface area contributed by atoms with E-state index in [9.17, 15) is 4.79 Å². The highest BCUT2D eigenvalue weighted by atomic mass is 35.5. The topological polar surface area (TPSA) is 50.4 Å². The molecule has 1 heterocycles. The van der Waals surface area contributed by atoms with E-state index in [2.05, 4.69) is 31.4 Å². The number of methoxy groups -OCH3 is 1. The maximum Gasteiger partial charge on any atom is 0.252 e. The van der Waals surface area contributed by atoms with Gasteiger partial charge in [-0.05, 0) is 45.2 Å². The van der Waals surface area contributed by atoms with Crippen molar-refractivity contribution in [2.45, 2.75) is 58.1 Å². The van der Waals surface area contributed by atoms with Gasteiger partial charge in [-0.3, -0.25) is 4.79 Å². The summed E-state index contributed by atoms with van der Waals surface area (Å²) in [4.78, 5) is 12.4. The third-order valence-electron chi connectivity index (χ3n) is 4.05. The molecular formula is C14H29ClN2O2. The molecule has 0 aromatic carbocycles. The Bertz CT molecular complexity index is 268. The summed E-state index contributed by atoms with van der Waals surface area (Å²) in [5.74, 6) is 0.703. The Kier molecular flexibility index (Phi) is 8.62. The van der Waals surface area contributed by atoms with E-state index >= 15 is 0 Å². The zero-order valence-corrected chi connectivity index (χ0v) is 13.4. The average molecular weight is 293 g/mol. The van der Waals surface area contributed by atoms with Gasteiger partial charge in [0.2, 0.25) is 0 Å². The number of ether oxygens (including phenoxy) is 1. The molecule has 0 bridgehead atoms. The van der Waals surface area contributed by atoms with Gasteiger partial charge in [-0.25, -0.2) is 0 Å². The summed E-state index contributed by atoms with van der Waals surface area (Å²) < 4.78 is 5.52. The van der Waals surface area contributed by atoms with E-state index in [1.807, 2.05) is 0 Å². The lowest BCUT2D eigenvalue weighted by atomic mass is 9.90. The molecule has 1 saturated heterocycles. The summed E-state index contributed by atoms with van der Waals surface area (Å²) in [5.41, 5.74) is -0.616. The molecule has 1 rings (SSSR count). The number of hydrogen-bond acceptors (Lipinski definition) is 3. The van der Waals surface area contributed by atoms with Gasteiger partial charge >= 0.3 is 0 Å². The average Bonchev–Trinajstić information content (AvgIpc) is 2.39. The van der Waals surface area contributed by atoms with Crippen LogP contribution in [0.1, 0.15) is 46.5 Å². The molecule has 5 heteroatoms. The van der Waals surface area contributed by atoms with Crippen LogP contribution in [0, 0.1) is 5.92 Å². The molecule has 2 atom stereocenters. The van der Waals surface area contributed by atoms with Crippen molar-refractivity contribution in [1.29, 1.82) is 0 Å². The van der Waals surface area contributed by atoms with Crippen molar-refractivity contribution in [3.8, 4) is 0 Å². The van der Waals surface area contributed by atoms with Gasteiger partial charge in [0.15, 0.2) is 0 Å². The first-order valence-electron chi connectivity index (χ1n) is 7.11. The summed E-state index contributed by atoms with van der Waals surface area (Å²) in [7, 11) is 1.64. The molecule has 0 spiro atoms. The summed E-state index contributed by atoms with van der Waals surface area (Å²) in [6.45, 7) is 8.18. The van der Waals surface area contributed by atoms with Crippen molar-refractivity contribution in [1.82, 2.24) is 10.6 Å². The molecule has 1 amide bonds. The lowest BCUT2D eigenvalue weighted by Gasteiger charge is -2.36. The van der Waals surface area contributed by atoms with Crippen LogP contribution in [0.5, 0.6) is 0 Å². The van der Waals surface area contributed by atoms with E-state index in [1.54, 1.807) is 7.11 Å². The molecule has 0 aromatic rings. The Hall–Kier alpha value is -0.320. The van der Waals surface area contributed by atoms with Crippen LogP contribution in [0.4, 0.5) is 0 Å². The van der Waals surface area contributed by atoms with Crippen molar-refractivity contribution >= 4 is 18.3 Å². The van der Waals surface area contributed by atoms with Crippen LogP contribution >= 0.6 is 12.4 Å². The number of nitrogens with one attached hydrogen (secondary N) is 2. The summed E-state index contributed by atoms with van der Waals surface area (Å²) in [6, 6.07) is 0.217. The van der Waals surface area contributed by atoms with Gasteiger partial charge in [-0.2, -0.15) is 0 Å². The van der Waals surface area contributed by atoms with Crippen LogP contribution in [0.25, 0.3) is 0 Å². The molecule has 0 aliphatic carbocycles. The number of hydrogen-bond donors (Lipinski definition) is 2. The Morgan fingerprint density at radius 1 is 1.37 bits per heavy atom. The molecule has 2 N–H and O–H groups in total. The minimum Gasteiger partial charge on any atom is -0.368 e. The van der Waals surface area contributed by atoms with E-state index in [-0.39, 0.29) is 24.4 Å². The van der Waals surface area contributed by atoms with E-state index in [1.165, 1.54) is 0 Å². The van der Waals surface area contributed by atoms with Crippen molar-refractivity contribution in [2.24, 2.45) is 5.92 Å². The summed E-state index contributed by atoms with van der Waals surface area (Å²) in [5, 5.41) is 6.38. The van der Waals surface area contributed by atoms with Crippen LogP contribution in [0.15, 0.2) is 0 Å². The zero-order chi connectivity index (χ0) is 13.6. The normalized spacial score (nSPS) is 21.1. The first kappa shape index (κ1) is 18.7. The maximum atomic E-state index is 12.4. The second kappa shape index (κ2) is 8.77. The number of piperidine rings is 1. The van der Waals surface area contributed by atoms with Crippen molar-refractivity contribution in [2.75, 3.05) is 20.2 Å². The Balaban J connectivity index is 0.00000324. The molecule has 0 saturated carbocycles. The Labute approximate surface area is 123 Å². The van der Waals surface area contributed by atoms with E-state index in [4.69, 9.17) is 4.74 Å². The minimum atomic E-state index is -0.616. The van der Waals surface area contributed by atoms with E-state index < -0.39 is 5.60 Å². The molecule has 2 unspecified atom stereocenters. The third kappa shape index (κ3) is 5.28. The number of amides is 1. The highest BCUT2D eigenvalue weighted by Crippen LogP contribution is 2.23. The molecule has 0 aromatic heterocycles. The quantitative estimate of drug-likeness (QED) is 0.788. The minimum absolute atomic E-state index is 0. The molecule has 1 aliphatic rings. The van der Waals surface area contributed by atoms with Gasteiger partial charge in [0.05, 0.1) is 0 Å². The van der Waals surface area contributed by atoms with Crippen molar-refractivity contribution in [3.63, 3.8) is 0 Å². The standard InChI is InChI=1S/C14H28N2O2.ClH/c1-5-11(2)10-12(3)16-13(17)14(18-4)6-8-15-9-7-14;/h11-12,15H,5-10H2,1-4H3,(H,16,17);1H. The fraction of sp³-hybridized carbons (Fsp3) is 0.929. The highest BCUT2D eigenvalue weighted by molar-refractivity contribution is 5.85. The molecule has 114 valence electrons. The lowest BCUT2D eigenvalue weighted by Crippen LogP contribution is -2.55. The molecule has 0 radical (unpaired) electrons. The first-order chi connectivity index (χ1) is 8.54. The van der Waals surface area contributed by atoms with Gasteiger partial charge in [-0.1, -0.05) is 20.3 Å². The van der Waals surface area contributed by atoms with Crippen LogP contribution in [0.3, 0.4) is 0 Å². The number of halogens is 1. The van der Waals surface area contributed by atoms with Gasteiger partial charge in [0, 0.05) is 13.2 Å². The van der Waals surface area contributed by atoms with Crippen molar-refractivity contribution < 1.29 is 9.53 Å². The predicted molar refractivity (Wildman–Crippen MR) is 80.8 cm³/mol. The molecule has 19 heavy (non-hydrogen) atoms. The van der Waals surface area contributed by atoms with Gasteiger partial charge < -0.3 is 15.4 Å². The van der Waals surface area contributed by atoms with Crippen LogP contribution in [0.2, 0.25) is 0 Å². The SMILES string of the molecule is CCC(C)CC(C)NC(=O)C1(OC)CCNCC1.Cl. The third-order valence-corrected chi connectivity index (χ3v) is 4.05. The summed E-state index contributed by atoms with van der Waals surface area (Å²) in [6.07, 6.45) is 3.69. The van der Waals surface area contributed by atoms with E-state index in [0.717, 1.165) is 38.8 Å². The predicted octanol–water partition coefficient (Wildman–Crippen LogP) is 2.12. The second-order valence-electron chi connectivity index (χ2n) is 5.57. The number of rotatable bonds is 6. The number of carbonyl (C=O) groups excluding carboxylic acids is 1. The van der Waals surface area contributed by atoms with Gasteiger partial charge in [0.25, 0.3) is 5.91 Å². The van der Waals surface area contributed by atoms with Crippen LogP contribution in [-0.2, 0) is 9.53 Å². The maximum absolute atomic E-state index is 12.4. The highest BCUT2D eigenvalue weighted by Gasteiger charge is 2.40. The summed E-state index contributed by atoms with van der Waals surface area (Å²) >= 11 is 0. The fourth-order valence-electron chi connectivity index (χ4n) is 2.54. The van der Waals surface area contributed by atoms with Gasteiger partial charge in [0.1, 0.15) is 5.60 Å². The van der Waals surface area contributed by atoms with E-state index in [0.29, 0.717) is 5.92 Å². The van der Waals surface area contributed by atoms with Crippen LogP contribution in [-0.4, -0.2) is 37.7 Å². The Morgan fingerprint density at radius 3 is 2.42 bits per heavy atom. The fourth-order valence-corrected chi connectivity index (χ4v) is 2.54. The Morgan fingerprint density at radius 2 is 1.95 bits per heavy atom. The smallest absolute Gasteiger partial charge is 0.252 e.